The fourth-order valence-corrected chi connectivity index (χ4v) is 3.18. The largest absolute Gasteiger partial charge is 0.338 e. The highest BCUT2D eigenvalue weighted by Gasteiger charge is 2.32. The molecule has 1 amide bonds. The van der Waals surface area contributed by atoms with Crippen molar-refractivity contribution in [3.8, 4) is 11.3 Å². The molecule has 25 heavy (non-hydrogen) atoms. The van der Waals surface area contributed by atoms with E-state index in [1.807, 2.05) is 70.4 Å². The third kappa shape index (κ3) is 3.49. The lowest BCUT2D eigenvalue weighted by molar-refractivity contribution is -0.136. The van der Waals surface area contributed by atoms with Crippen molar-refractivity contribution in [2.75, 3.05) is 13.1 Å². The number of halogens is 1. The first-order valence-corrected chi connectivity index (χ1v) is 8.98. The number of rotatable bonds is 4. The van der Waals surface area contributed by atoms with E-state index in [-0.39, 0.29) is 11.9 Å². The maximum atomic E-state index is 12.4. The Morgan fingerprint density at radius 1 is 1.08 bits per heavy atom. The predicted octanol–water partition coefficient (Wildman–Crippen LogP) is 3.33. The van der Waals surface area contributed by atoms with Gasteiger partial charge in [0.1, 0.15) is 5.69 Å². The Hall–Kier alpha value is -2.47. The van der Waals surface area contributed by atoms with E-state index in [0.717, 1.165) is 21.3 Å². The molecule has 3 aromatic rings. The molecule has 1 aliphatic heterocycles. The molecule has 126 valence electrons. The van der Waals surface area contributed by atoms with E-state index in [4.69, 9.17) is 0 Å². The lowest BCUT2D eigenvalue weighted by Crippen LogP contribution is -2.51. The quantitative estimate of drug-likeness (QED) is 0.679. The Labute approximate surface area is 154 Å². The summed E-state index contributed by atoms with van der Waals surface area (Å²) in [4.78, 5) is 14.2. The van der Waals surface area contributed by atoms with E-state index in [9.17, 15) is 4.79 Å². The molecule has 0 N–H and O–H groups in total. The van der Waals surface area contributed by atoms with Crippen molar-refractivity contribution in [2.24, 2.45) is 0 Å². The number of likely N-dealkylation sites (tertiary alicyclic amines) is 1. The van der Waals surface area contributed by atoms with Gasteiger partial charge in [0.25, 0.3) is 0 Å². The highest BCUT2D eigenvalue weighted by Crippen LogP contribution is 2.24. The third-order valence-corrected chi connectivity index (χ3v) is 4.97. The Kier molecular flexibility index (Phi) is 4.36. The number of hydrogen-bond acceptors (Lipinski definition) is 3. The number of carbonyl (C=O) groups is 1. The molecule has 0 saturated carbocycles. The van der Waals surface area contributed by atoms with Crippen LogP contribution in [0.3, 0.4) is 0 Å². The molecule has 5 nitrogen and oxygen atoms in total. The lowest BCUT2D eigenvalue weighted by atomic mass is 10.1. The lowest BCUT2D eigenvalue weighted by Gasteiger charge is -2.39. The van der Waals surface area contributed by atoms with Gasteiger partial charge >= 0.3 is 0 Å². The average molecular weight is 397 g/mol. The summed E-state index contributed by atoms with van der Waals surface area (Å²) in [6.07, 6.45) is 2.39. The van der Waals surface area contributed by atoms with Gasteiger partial charge in [0.05, 0.1) is 18.7 Å². The Morgan fingerprint density at radius 3 is 2.52 bits per heavy atom. The molecule has 0 aliphatic carbocycles. The smallest absolute Gasteiger partial charge is 0.227 e. The van der Waals surface area contributed by atoms with Crippen LogP contribution >= 0.6 is 15.9 Å². The molecule has 1 fully saturated rings. The van der Waals surface area contributed by atoms with E-state index in [0.29, 0.717) is 19.5 Å². The van der Waals surface area contributed by atoms with Gasteiger partial charge in [0.15, 0.2) is 0 Å². The van der Waals surface area contributed by atoms with Crippen LogP contribution in [0.2, 0.25) is 0 Å². The van der Waals surface area contributed by atoms with E-state index < -0.39 is 0 Å². The minimum Gasteiger partial charge on any atom is -0.338 e. The van der Waals surface area contributed by atoms with Crippen LogP contribution in [0.15, 0.2) is 65.3 Å². The van der Waals surface area contributed by atoms with E-state index >= 15 is 0 Å². The average Bonchev–Trinajstić information content (AvgIpc) is 3.06. The zero-order chi connectivity index (χ0) is 17.2. The SMILES string of the molecule is O=C(Cc1ccc(Br)cc1)N1CC(n2cc(-c3ccccc3)nn2)C1. The van der Waals surface area contributed by atoms with Crippen LogP contribution in [-0.2, 0) is 11.2 Å². The second-order valence-corrected chi connectivity index (χ2v) is 7.12. The van der Waals surface area contributed by atoms with Gasteiger partial charge in [0.2, 0.25) is 5.91 Å². The second-order valence-electron chi connectivity index (χ2n) is 6.21. The van der Waals surface area contributed by atoms with Crippen molar-refractivity contribution >= 4 is 21.8 Å². The number of amides is 1. The van der Waals surface area contributed by atoms with Crippen LogP contribution in [0, 0.1) is 0 Å². The number of benzene rings is 2. The van der Waals surface area contributed by atoms with Gasteiger partial charge in [-0.3, -0.25) is 4.79 Å². The van der Waals surface area contributed by atoms with Gasteiger partial charge in [-0.05, 0) is 17.7 Å². The zero-order valence-corrected chi connectivity index (χ0v) is 15.1. The molecule has 1 aromatic heterocycles. The number of aromatic nitrogens is 3. The molecule has 0 unspecified atom stereocenters. The van der Waals surface area contributed by atoms with Crippen molar-refractivity contribution < 1.29 is 4.79 Å². The van der Waals surface area contributed by atoms with Crippen molar-refractivity contribution in [3.63, 3.8) is 0 Å². The summed E-state index contributed by atoms with van der Waals surface area (Å²) in [5.74, 6) is 0.155. The topological polar surface area (TPSA) is 51.0 Å². The minimum absolute atomic E-state index is 0.155. The van der Waals surface area contributed by atoms with Gasteiger partial charge in [-0.25, -0.2) is 4.68 Å². The maximum Gasteiger partial charge on any atom is 0.227 e. The maximum absolute atomic E-state index is 12.4. The van der Waals surface area contributed by atoms with Crippen molar-refractivity contribution in [1.29, 1.82) is 0 Å². The van der Waals surface area contributed by atoms with Crippen LogP contribution in [0.4, 0.5) is 0 Å². The van der Waals surface area contributed by atoms with Crippen molar-refractivity contribution in [1.82, 2.24) is 19.9 Å². The van der Waals surface area contributed by atoms with Crippen molar-refractivity contribution in [3.05, 3.63) is 70.8 Å². The van der Waals surface area contributed by atoms with Crippen LogP contribution in [-0.4, -0.2) is 38.9 Å². The molecule has 0 radical (unpaired) electrons. The van der Waals surface area contributed by atoms with E-state index in [1.54, 1.807) is 0 Å². The molecular weight excluding hydrogens is 380 g/mol. The summed E-state index contributed by atoms with van der Waals surface area (Å²) in [5.41, 5.74) is 2.94. The van der Waals surface area contributed by atoms with Gasteiger partial charge in [0, 0.05) is 23.1 Å². The Balaban J connectivity index is 1.35. The van der Waals surface area contributed by atoms with Crippen LogP contribution in [0.5, 0.6) is 0 Å². The monoisotopic (exact) mass is 396 g/mol. The van der Waals surface area contributed by atoms with Crippen LogP contribution in [0.25, 0.3) is 11.3 Å². The second kappa shape index (κ2) is 6.80. The Morgan fingerprint density at radius 2 is 1.80 bits per heavy atom. The summed E-state index contributed by atoms with van der Waals surface area (Å²) in [5, 5.41) is 8.47. The summed E-state index contributed by atoms with van der Waals surface area (Å²) >= 11 is 3.41. The first-order chi connectivity index (χ1) is 12.2. The zero-order valence-electron chi connectivity index (χ0n) is 13.5. The summed E-state index contributed by atoms with van der Waals surface area (Å²) in [7, 11) is 0. The molecule has 4 rings (SSSR count). The highest BCUT2D eigenvalue weighted by atomic mass is 79.9. The third-order valence-electron chi connectivity index (χ3n) is 4.44. The number of carbonyl (C=O) groups excluding carboxylic acids is 1. The number of hydrogen-bond donors (Lipinski definition) is 0. The Bertz CT molecular complexity index is 870. The van der Waals surface area contributed by atoms with E-state index in [1.165, 1.54) is 0 Å². The summed E-state index contributed by atoms with van der Waals surface area (Å²) in [6, 6.07) is 18.1. The van der Waals surface area contributed by atoms with E-state index in [2.05, 4.69) is 26.2 Å². The molecule has 1 aliphatic rings. The predicted molar refractivity (Wildman–Crippen MR) is 98.9 cm³/mol. The molecular formula is C19H17BrN4O. The van der Waals surface area contributed by atoms with Crippen LogP contribution in [0.1, 0.15) is 11.6 Å². The minimum atomic E-state index is 0.155. The number of nitrogens with zero attached hydrogens (tertiary/aromatic N) is 4. The van der Waals surface area contributed by atoms with Gasteiger partial charge in [-0.1, -0.05) is 63.6 Å². The fourth-order valence-electron chi connectivity index (χ4n) is 2.91. The summed E-state index contributed by atoms with van der Waals surface area (Å²) in [6.45, 7) is 1.37. The standard InChI is InChI=1S/C19H17BrN4O/c20-16-8-6-14(7-9-16)10-19(25)23-11-17(12-23)24-13-18(21-22-24)15-4-2-1-3-5-15/h1-9,13,17H,10-12H2. The summed E-state index contributed by atoms with van der Waals surface area (Å²) < 4.78 is 2.89. The molecule has 2 heterocycles. The molecule has 0 spiro atoms. The highest BCUT2D eigenvalue weighted by molar-refractivity contribution is 9.10. The first kappa shape index (κ1) is 16.0. The normalized spacial score (nSPS) is 14.4. The first-order valence-electron chi connectivity index (χ1n) is 8.18. The van der Waals surface area contributed by atoms with Gasteiger partial charge < -0.3 is 4.90 Å². The van der Waals surface area contributed by atoms with Gasteiger partial charge in [-0.2, -0.15) is 0 Å². The molecule has 1 saturated heterocycles. The van der Waals surface area contributed by atoms with Crippen LogP contribution < -0.4 is 0 Å². The van der Waals surface area contributed by atoms with Gasteiger partial charge in [-0.15, -0.1) is 5.10 Å². The van der Waals surface area contributed by atoms with Crippen molar-refractivity contribution in [2.45, 2.75) is 12.5 Å². The molecule has 2 aromatic carbocycles. The molecule has 0 atom stereocenters. The molecule has 0 bridgehead atoms. The fraction of sp³-hybridized carbons (Fsp3) is 0.211. The molecule has 6 heteroatoms.